The van der Waals surface area contributed by atoms with Gasteiger partial charge >= 0.3 is 0 Å². The minimum absolute atomic E-state index is 0.500. The number of hydrogen-bond acceptors (Lipinski definition) is 2. The Bertz CT molecular complexity index is 582. The van der Waals surface area contributed by atoms with Crippen LogP contribution in [0.15, 0.2) is 45.3 Å². The topological polar surface area (TPSA) is 18.5 Å². The summed E-state index contributed by atoms with van der Waals surface area (Å²) < 4.78 is 13.1. The average Bonchev–Trinajstić information content (AvgIpc) is 2.39. The molecule has 0 aliphatic heterocycles. The normalized spacial score (nSPS) is 10.3. The molecule has 0 spiro atoms. The van der Waals surface area contributed by atoms with Crippen molar-refractivity contribution in [1.82, 2.24) is 0 Å². The molecule has 0 unspecified atom stereocenters. The standard InChI is InChI=1S/C15H14Br2O2/c1-10-7-12(16)3-6-15(10)19-9-11-8-13(18-2)4-5-14(11)17/h3-8H,9H2,1-2H3. The summed E-state index contributed by atoms with van der Waals surface area (Å²) in [5.74, 6) is 1.72. The van der Waals surface area contributed by atoms with Crippen molar-refractivity contribution in [3.05, 3.63) is 56.5 Å². The Balaban J connectivity index is 2.14. The lowest BCUT2D eigenvalue weighted by atomic mass is 10.2. The molecule has 0 heterocycles. The van der Waals surface area contributed by atoms with Crippen LogP contribution in [0.5, 0.6) is 11.5 Å². The molecule has 0 atom stereocenters. The van der Waals surface area contributed by atoms with Crippen molar-refractivity contribution in [2.24, 2.45) is 0 Å². The fourth-order valence-corrected chi connectivity index (χ4v) is 2.56. The molecule has 0 N–H and O–H groups in total. The quantitative estimate of drug-likeness (QED) is 0.728. The molecule has 0 aliphatic carbocycles. The van der Waals surface area contributed by atoms with Crippen molar-refractivity contribution in [1.29, 1.82) is 0 Å². The summed E-state index contributed by atoms with van der Waals surface area (Å²) >= 11 is 6.96. The van der Waals surface area contributed by atoms with Gasteiger partial charge in [-0.1, -0.05) is 31.9 Å². The van der Waals surface area contributed by atoms with E-state index in [9.17, 15) is 0 Å². The number of benzene rings is 2. The zero-order valence-electron chi connectivity index (χ0n) is 10.7. The van der Waals surface area contributed by atoms with Crippen molar-refractivity contribution < 1.29 is 9.47 Å². The van der Waals surface area contributed by atoms with Gasteiger partial charge in [-0.05, 0) is 48.9 Å². The molecule has 0 radical (unpaired) electrons. The molecule has 0 bridgehead atoms. The first kappa shape index (κ1) is 14.4. The molecule has 4 heteroatoms. The number of rotatable bonds is 4. The van der Waals surface area contributed by atoms with Crippen LogP contribution >= 0.6 is 31.9 Å². The third-order valence-electron chi connectivity index (χ3n) is 2.77. The van der Waals surface area contributed by atoms with Gasteiger partial charge in [0.15, 0.2) is 0 Å². The third-order valence-corrected chi connectivity index (χ3v) is 4.04. The molecule has 0 aromatic heterocycles. The Morgan fingerprint density at radius 1 is 1.05 bits per heavy atom. The van der Waals surface area contributed by atoms with Gasteiger partial charge in [0.2, 0.25) is 0 Å². The molecule has 100 valence electrons. The minimum Gasteiger partial charge on any atom is -0.497 e. The van der Waals surface area contributed by atoms with Crippen LogP contribution in [0.2, 0.25) is 0 Å². The highest BCUT2D eigenvalue weighted by Crippen LogP contribution is 2.26. The van der Waals surface area contributed by atoms with Crippen LogP contribution in [-0.2, 0) is 6.61 Å². The minimum atomic E-state index is 0.500. The van der Waals surface area contributed by atoms with Gasteiger partial charge in [-0.3, -0.25) is 0 Å². The zero-order valence-corrected chi connectivity index (χ0v) is 13.9. The molecule has 2 nitrogen and oxygen atoms in total. The van der Waals surface area contributed by atoms with Crippen LogP contribution < -0.4 is 9.47 Å². The van der Waals surface area contributed by atoms with E-state index in [1.165, 1.54) is 0 Å². The van der Waals surface area contributed by atoms with E-state index in [1.54, 1.807) is 7.11 Å². The molecular formula is C15H14Br2O2. The molecule has 2 aromatic rings. The van der Waals surface area contributed by atoms with Gasteiger partial charge in [-0.2, -0.15) is 0 Å². The fourth-order valence-electron chi connectivity index (χ4n) is 1.72. The van der Waals surface area contributed by atoms with Crippen LogP contribution in [0.3, 0.4) is 0 Å². The molecule has 0 fully saturated rings. The molecule has 0 aliphatic rings. The van der Waals surface area contributed by atoms with Gasteiger partial charge in [0, 0.05) is 14.5 Å². The highest BCUT2D eigenvalue weighted by atomic mass is 79.9. The number of hydrogen-bond donors (Lipinski definition) is 0. The molecule has 0 saturated heterocycles. The lowest BCUT2D eigenvalue weighted by Gasteiger charge is -2.11. The maximum atomic E-state index is 5.85. The maximum Gasteiger partial charge on any atom is 0.122 e. The van der Waals surface area contributed by atoms with Crippen molar-refractivity contribution >= 4 is 31.9 Å². The Hall–Kier alpha value is -1.00. The molecule has 19 heavy (non-hydrogen) atoms. The summed E-state index contributed by atoms with van der Waals surface area (Å²) in [7, 11) is 1.66. The summed E-state index contributed by atoms with van der Waals surface area (Å²) in [6.45, 7) is 2.53. The lowest BCUT2D eigenvalue weighted by molar-refractivity contribution is 0.302. The average molecular weight is 386 g/mol. The second-order valence-corrected chi connectivity index (χ2v) is 5.93. The Morgan fingerprint density at radius 3 is 2.53 bits per heavy atom. The van der Waals surface area contributed by atoms with Crippen molar-refractivity contribution in [3.63, 3.8) is 0 Å². The molecular weight excluding hydrogens is 372 g/mol. The Kier molecular flexibility index (Phi) is 4.88. The van der Waals surface area contributed by atoms with E-state index in [1.807, 2.05) is 43.3 Å². The van der Waals surface area contributed by atoms with Gasteiger partial charge < -0.3 is 9.47 Å². The number of halogens is 2. The van der Waals surface area contributed by atoms with E-state index in [0.29, 0.717) is 6.61 Å². The molecule has 2 rings (SSSR count). The summed E-state index contributed by atoms with van der Waals surface area (Å²) in [6, 6.07) is 11.8. The Labute approximate surface area is 130 Å². The summed E-state index contributed by atoms with van der Waals surface area (Å²) in [5.41, 5.74) is 2.16. The van der Waals surface area contributed by atoms with Crippen molar-refractivity contribution in [2.75, 3.05) is 7.11 Å². The second-order valence-electron chi connectivity index (χ2n) is 4.16. The van der Waals surface area contributed by atoms with Crippen LogP contribution in [-0.4, -0.2) is 7.11 Å². The number of methoxy groups -OCH3 is 1. The van der Waals surface area contributed by atoms with E-state index >= 15 is 0 Å². The van der Waals surface area contributed by atoms with E-state index in [4.69, 9.17) is 9.47 Å². The van der Waals surface area contributed by atoms with Gasteiger partial charge in [0.25, 0.3) is 0 Å². The lowest BCUT2D eigenvalue weighted by Crippen LogP contribution is -1.98. The summed E-state index contributed by atoms with van der Waals surface area (Å²) in [6.07, 6.45) is 0. The molecule has 2 aromatic carbocycles. The molecule has 0 amide bonds. The zero-order chi connectivity index (χ0) is 13.8. The van der Waals surface area contributed by atoms with Crippen molar-refractivity contribution in [3.8, 4) is 11.5 Å². The van der Waals surface area contributed by atoms with Crippen molar-refractivity contribution in [2.45, 2.75) is 13.5 Å². The predicted octanol–water partition coefficient (Wildman–Crippen LogP) is 5.11. The van der Waals surface area contributed by atoms with Gasteiger partial charge in [0.1, 0.15) is 18.1 Å². The van der Waals surface area contributed by atoms with Gasteiger partial charge in [-0.25, -0.2) is 0 Å². The first-order valence-electron chi connectivity index (χ1n) is 5.81. The fraction of sp³-hybridized carbons (Fsp3) is 0.200. The first-order chi connectivity index (χ1) is 9.10. The van der Waals surface area contributed by atoms with E-state index in [0.717, 1.165) is 31.6 Å². The monoisotopic (exact) mass is 384 g/mol. The summed E-state index contributed by atoms with van der Waals surface area (Å²) in [5, 5.41) is 0. The van der Waals surface area contributed by atoms with E-state index in [-0.39, 0.29) is 0 Å². The number of aryl methyl sites for hydroxylation is 1. The van der Waals surface area contributed by atoms with E-state index in [2.05, 4.69) is 31.9 Å². The largest absolute Gasteiger partial charge is 0.497 e. The predicted molar refractivity (Wildman–Crippen MR) is 83.9 cm³/mol. The van der Waals surface area contributed by atoms with Crippen LogP contribution in [0.1, 0.15) is 11.1 Å². The van der Waals surface area contributed by atoms with E-state index < -0.39 is 0 Å². The second kappa shape index (κ2) is 6.44. The SMILES string of the molecule is COc1ccc(Br)c(COc2ccc(Br)cc2C)c1. The smallest absolute Gasteiger partial charge is 0.122 e. The Morgan fingerprint density at radius 2 is 1.84 bits per heavy atom. The van der Waals surface area contributed by atoms with Gasteiger partial charge in [-0.15, -0.1) is 0 Å². The van der Waals surface area contributed by atoms with Crippen LogP contribution in [0.25, 0.3) is 0 Å². The summed E-state index contributed by atoms with van der Waals surface area (Å²) in [4.78, 5) is 0. The van der Waals surface area contributed by atoms with Crippen LogP contribution in [0.4, 0.5) is 0 Å². The molecule has 0 saturated carbocycles. The first-order valence-corrected chi connectivity index (χ1v) is 7.40. The number of ether oxygens (including phenoxy) is 2. The third kappa shape index (κ3) is 3.74. The van der Waals surface area contributed by atoms with Crippen LogP contribution in [0, 0.1) is 6.92 Å². The van der Waals surface area contributed by atoms with Gasteiger partial charge in [0.05, 0.1) is 7.11 Å². The highest BCUT2D eigenvalue weighted by molar-refractivity contribution is 9.10. The highest BCUT2D eigenvalue weighted by Gasteiger charge is 2.05. The maximum absolute atomic E-state index is 5.85.